The fourth-order valence-corrected chi connectivity index (χ4v) is 2.46. The Bertz CT molecular complexity index is 695. The first kappa shape index (κ1) is 14.5. The normalized spacial score (nSPS) is 12.8. The minimum absolute atomic E-state index is 0.276. The lowest BCUT2D eigenvalue weighted by Gasteiger charge is -2.09. The summed E-state index contributed by atoms with van der Waals surface area (Å²) in [5, 5.41) is 5.57. The van der Waals surface area contributed by atoms with Crippen molar-refractivity contribution in [1.82, 2.24) is 15.3 Å². The van der Waals surface area contributed by atoms with Crippen molar-refractivity contribution in [3.05, 3.63) is 52.6 Å². The van der Waals surface area contributed by atoms with Crippen molar-refractivity contribution in [2.75, 3.05) is 5.32 Å². The van der Waals surface area contributed by atoms with Crippen LogP contribution in [0.2, 0.25) is 0 Å². The SMILES string of the molecule is Cc1cc(C)nc(CNC(=O)Nc2ccc3c(c2)COC3)n1. The molecule has 0 radical (unpaired) electrons. The number of anilines is 1. The first-order chi connectivity index (χ1) is 10.6. The molecule has 6 heteroatoms. The summed E-state index contributed by atoms with van der Waals surface area (Å²) in [6, 6.07) is 7.41. The smallest absolute Gasteiger partial charge is 0.319 e. The summed E-state index contributed by atoms with van der Waals surface area (Å²) < 4.78 is 5.36. The molecule has 0 fully saturated rings. The van der Waals surface area contributed by atoms with Crippen molar-refractivity contribution >= 4 is 11.7 Å². The lowest BCUT2D eigenvalue weighted by Crippen LogP contribution is -2.29. The van der Waals surface area contributed by atoms with Gasteiger partial charge in [0.1, 0.15) is 5.82 Å². The average Bonchev–Trinajstić information content (AvgIpc) is 2.92. The number of hydrogen-bond acceptors (Lipinski definition) is 4. The van der Waals surface area contributed by atoms with E-state index in [1.807, 2.05) is 38.1 Å². The number of amides is 2. The van der Waals surface area contributed by atoms with Gasteiger partial charge in [-0.15, -0.1) is 0 Å². The molecule has 0 unspecified atom stereocenters. The van der Waals surface area contributed by atoms with Gasteiger partial charge in [0.25, 0.3) is 0 Å². The van der Waals surface area contributed by atoms with E-state index in [0.717, 1.165) is 22.6 Å². The molecule has 1 aromatic carbocycles. The van der Waals surface area contributed by atoms with Crippen molar-refractivity contribution in [1.29, 1.82) is 0 Å². The van der Waals surface area contributed by atoms with E-state index in [1.165, 1.54) is 5.56 Å². The van der Waals surface area contributed by atoms with Gasteiger partial charge in [0.15, 0.2) is 0 Å². The molecule has 6 nitrogen and oxygen atoms in total. The van der Waals surface area contributed by atoms with E-state index in [1.54, 1.807) is 0 Å². The quantitative estimate of drug-likeness (QED) is 0.912. The number of nitrogens with zero attached hydrogens (tertiary/aromatic N) is 2. The third kappa shape index (κ3) is 3.40. The van der Waals surface area contributed by atoms with E-state index in [0.29, 0.717) is 25.6 Å². The van der Waals surface area contributed by atoms with Crippen LogP contribution in [0.15, 0.2) is 24.3 Å². The van der Waals surface area contributed by atoms with Crippen molar-refractivity contribution in [3.8, 4) is 0 Å². The number of carbonyl (C=O) groups is 1. The van der Waals surface area contributed by atoms with Crippen molar-refractivity contribution in [3.63, 3.8) is 0 Å². The number of rotatable bonds is 3. The second-order valence-corrected chi connectivity index (χ2v) is 5.35. The summed E-state index contributed by atoms with van der Waals surface area (Å²) in [6.07, 6.45) is 0. The van der Waals surface area contributed by atoms with Gasteiger partial charge >= 0.3 is 6.03 Å². The minimum atomic E-state index is -0.276. The van der Waals surface area contributed by atoms with E-state index in [9.17, 15) is 4.79 Å². The Hall–Kier alpha value is -2.47. The molecule has 2 amide bonds. The van der Waals surface area contributed by atoms with Gasteiger partial charge < -0.3 is 15.4 Å². The number of nitrogens with one attached hydrogen (secondary N) is 2. The van der Waals surface area contributed by atoms with Crippen LogP contribution in [0.4, 0.5) is 10.5 Å². The molecule has 1 aromatic heterocycles. The summed E-state index contributed by atoms with van der Waals surface area (Å²) >= 11 is 0. The van der Waals surface area contributed by atoms with E-state index < -0.39 is 0 Å². The van der Waals surface area contributed by atoms with Crippen LogP contribution >= 0.6 is 0 Å². The number of carbonyl (C=O) groups excluding carboxylic acids is 1. The Morgan fingerprint density at radius 3 is 2.64 bits per heavy atom. The molecule has 0 saturated carbocycles. The van der Waals surface area contributed by atoms with Crippen LogP contribution < -0.4 is 10.6 Å². The monoisotopic (exact) mass is 298 g/mol. The highest BCUT2D eigenvalue weighted by Crippen LogP contribution is 2.23. The van der Waals surface area contributed by atoms with Gasteiger partial charge in [-0.25, -0.2) is 14.8 Å². The van der Waals surface area contributed by atoms with Crippen LogP contribution in [-0.4, -0.2) is 16.0 Å². The predicted octanol–water partition coefficient (Wildman–Crippen LogP) is 2.45. The molecule has 2 heterocycles. The summed E-state index contributed by atoms with van der Waals surface area (Å²) in [4.78, 5) is 20.5. The lowest BCUT2D eigenvalue weighted by atomic mass is 10.1. The second kappa shape index (κ2) is 6.11. The molecule has 1 aliphatic heterocycles. The molecule has 0 spiro atoms. The van der Waals surface area contributed by atoms with E-state index in [2.05, 4.69) is 20.6 Å². The van der Waals surface area contributed by atoms with Crippen molar-refractivity contribution in [2.45, 2.75) is 33.6 Å². The van der Waals surface area contributed by atoms with E-state index in [4.69, 9.17) is 4.74 Å². The molecule has 3 rings (SSSR count). The molecule has 1 aliphatic rings. The standard InChI is InChI=1S/C16H18N4O2/c1-10-5-11(2)19-15(18-10)7-17-16(21)20-14-4-3-12-8-22-9-13(12)6-14/h3-6H,7-9H2,1-2H3,(H2,17,20,21). The fourth-order valence-electron chi connectivity index (χ4n) is 2.46. The van der Waals surface area contributed by atoms with Gasteiger partial charge in [-0.05, 0) is 43.2 Å². The highest BCUT2D eigenvalue weighted by atomic mass is 16.5. The topological polar surface area (TPSA) is 76.1 Å². The van der Waals surface area contributed by atoms with Gasteiger partial charge in [0.2, 0.25) is 0 Å². The Morgan fingerprint density at radius 1 is 1.14 bits per heavy atom. The molecule has 2 N–H and O–H groups in total. The Balaban J connectivity index is 1.58. The largest absolute Gasteiger partial charge is 0.372 e. The number of urea groups is 1. The highest BCUT2D eigenvalue weighted by Gasteiger charge is 2.12. The fraction of sp³-hybridized carbons (Fsp3) is 0.312. The van der Waals surface area contributed by atoms with Crippen LogP contribution in [-0.2, 0) is 24.5 Å². The zero-order chi connectivity index (χ0) is 15.5. The molecule has 0 atom stereocenters. The number of ether oxygens (including phenoxy) is 1. The molecule has 22 heavy (non-hydrogen) atoms. The zero-order valence-corrected chi connectivity index (χ0v) is 12.6. The predicted molar refractivity (Wildman–Crippen MR) is 82.3 cm³/mol. The van der Waals surface area contributed by atoms with Crippen molar-refractivity contribution < 1.29 is 9.53 Å². The minimum Gasteiger partial charge on any atom is -0.372 e. The molecule has 2 aromatic rings. The van der Waals surface area contributed by atoms with Gasteiger partial charge in [-0.1, -0.05) is 6.07 Å². The third-order valence-electron chi connectivity index (χ3n) is 3.41. The number of hydrogen-bond donors (Lipinski definition) is 2. The summed E-state index contributed by atoms with van der Waals surface area (Å²) in [7, 11) is 0. The molecule has 0 bridgehead atoms. The number of benzene rings is 1. The Labute approximate surface area is 128 Å². The maximum Gasteiger partial charge on any atom is 0.319 e. The molecule has 114 valence electrons. The van der Waals surface area contributed by atoms with Crippen LogP contribution in [0.5, 0.6) is 0 Å². The first-order valence-electron chi connectivity index (χ1n) is 7.16. The van der Waals surface area contributed by atoms with Gasteiger partial charge in [0, 0.05) is 17.1 Å². The Morgan fingerprint density at radius 2 is 1.86 bits per heavy atom. The Kier molecular flexibility index (Phi) is 4.02. The third-order valence-corrected chi connectivity index (χ3v) is 3.41. The van der Waals surface area contributed by atoms with Gasteiger partial charge in [0.05, 0.1) is 19.8 Å². The molecular weight excluding hydrogens is 280 g/mol. The van der Waals surface area contributed by atoms with Crippen LogP contribution in [0.25, 0.3) is 0 Å². The molecule has 0 saturated heterocycles. The number of aromatic nitrogens is 2. The van der Waals surface area contributed by atoms with E-state index >= 15 is 0 Å². The number of aryl methyl sites for hydroxylation is 2. The molecule has 0 aliphatic carbocycles. The summed E-state index contributed by atoms with van der Waals surface area (Å²) in [5.74, 6) is 0.606. The van der Waals surface area contributed by atoms with Crippen molar-refractivity contribution in [2.24, 2.45) is 0 Å². The van der Waals surface area contributed by atoms with Gasteiger partial charge in [-0.3, -0.25) is 0 Å². The maximum absolute atomic E-state index is 11.9. The van der Waals surface area contributed by atoms with Gasteiger partial charge in [-0.2, -0.15) is 0 Å². The lowest BCUT2D eigenvalue weighted by molar-refractivity contribution is 0.134. The van der Waals surface area contributed by atoms with E-state index in [-0.39, 0.29) is 6.03 Å². The van der Waals surface area contributed by atoms with Crippen LogP contribution in [0.1, 0.15) is 28.3 Å². The zero-order valence-electron chi connectivity index (χ0n) is 12.6. The second-order valence-electron chi connectivity index (χ2n) is 5.35. The average molecular weight is 298 g/mol. The van der Waals surface area contributed by atoms with Crippen LogP contribution in [0, 0.1) is 13.8 Å². The summed E-state index contributed by atoms with van der Waals surface area (Å²) in [5.41, 5.74) is 4.83. The highest BCUT2D eigenvalue weighted by molar-refractivity contribution is 5.89. The number of fused-ring (bicyclic) bond motifs is 1. The molecular formula is C16H18N4O2. The van der Waals surface area contributed by atoms with Crippen LogP contribution in [0.3, 0.4) is 0 Å². The maximum atomic E-state index is 11.9. The summed E-state index contributed by atoms with van der Waals surface area (Å²) in [6.45, 7) is 5.35. The first-order valence-corrected chi connectivity index (χ1v) is 7.16.